The Balaban J connectivity index is 2.09. The van der Waals surface area contributed by atoms with Crippen LogP contribution in [0, 0.1) is 22.6 Å². The largest absolute Gasteiger partial charge is 0.384 e. The molecule has 1 aromatic carbocycles. The second-order valence-electron chi connectivity index (χ2n) is 6.71. The first-order valence-electron chi connectivity index (χ1n) is 7.18. The average molecular weight is 277 g/mol. The molecule has 0 radical (unpaired) electrons. The first kappa shape index (κ1) is 14.8. The third-order valence-electron chi connectivity index (χ3n) is 4.32. The number of benzene rings is 1. The van der Waals surface area contributed by atoms with E-state index >= 15 is 0 Å². The van der Waals surface area contributed by atoms with Gasteiger partial charge >= 0.3 is 0 Å². The van der Waals surface area contributed by atoms with Crippen molar-refractivity contribution >= 4 is 11.5 Å². The standard InChI is InChI=1S/C16H24FN3/c1-16(2,3)12-6-8-20(9-7-12)14-5-4-11(15(18)19)10-13(14)17/h4-5,10,12H,6-9H2,1-3H3,(H3,18,19). The SMILES string of the molecule is CC(C)(C)C1CCN(c2ccc(C(=N)N)cc2F)CC1. The maximum Gasteiger partial charge on any atom is 0.147 e. The van der Waals surface area contributed by atoms with Crippen molar-refractivity contribution in [1.82, 2.24) is 0 Å². The lowest BCUT2D eigenvalue weighted by atomic mass is 9.75. The summed E-state index contributed by atoms with van der Waals surface area (Å²) < 4.78 is 14.1. The van der Waals surface area contributed by atoms with E-state index in [1.54, 1.807) is 12.1 Å². The molecule has 2 rings (SSSR count). The van der Waals surface area contributed by atoms with E-state index in [9.17, 15) is 4.39 Å². The molecule has 3 nitrogen and oxygen atoms in total. The number of rotatable bonds is 2. The topological polar surface area (TPSA) is 53.1 Å². The monoisotopic (exact) mass is 277 g/mol. The van der Waals surface area contributed by atoms with Crippen molar-refractivity contribution in [2.24, 2.45) is 17.1 Å². The van der Waals surface area contributed by atoms with Crippen LogP contribution in [0.15, 0.2) is 18.2 Å². The minimum atomic E-state index is -0.285. The fourth-order valence-electron chi connectivity index (χ4n) is 2.92. The smallest absolute Gasteiger partial charge is 0.147 e. The molecular weight excluding hydrogens is 253 g/mol. The number of anilines is 1. The molecule has 1 heterocycles. The van der Waals surface area contributed by atoms with Crippen molar-refractivity contribution < 1.29 is 4.39 Å². The average Bonchev–Trinajstić information content (AvgIpc) is 2.37. The summed E-state index contributed by atoms with van der Waals surface area (Å²) in [6, 6.07) is 4.81. The van der Waals surface area contributed by atoms with Gasteiger partial charge in [0.2, 0.25) is 0 Å². The highest BCUT2D eigenvalue weighted by molar-refractivity contribution is 5.95. The van der Waals surface area contributed by atoms with Gasteiger partial charge in [-0.1, -0.05) is 20.8 Å². The van der Waals surface area contributed by atoms with Gasteiger partial charge in [-0.2, -0.15) is 0 Å². The predicted octanol–water partition coefficient (Wildman–Crippen LogP) is 3.37. The molecule has 0 spiro atoms. The number of hydrogen-bond acceptors (Lipinski definition) is 2. The summed E-state index contributed by atoms with van der Waals surface area (Å²) in [6.45, 7) is 8.59. The molecule has 0 aliphatic carbocycles. The lowest BCUT2D eigenvalue weighted by molar-refractivity contribution is 0.198. The van der Waals surface area contributed by atoms with Crippen LogP contribution in [0.4, 0.5) is 10.1 Å². The van der Waals surface area contributed by atoms with Crippen molar-refractivity contribution in [3.63, 3.8) is 0 Å². The molecule has 1 aliphatic rings. The zero-order valence-corrected chi connectivity index (χ0v) is 12.5. The summed E-state index contributed by atoms with van der Waals surface area (Å²) in [4.78, 5) is 2.10. The molecular formula is C16H24FN3. The first-order chi connectivity index (χ1) is 9.29. The molecule has 0 unspecified atom stereocenters. The van der Waals surface area contributed by atoms with Crippen LogP contribution in [0.3, 0.4) is 0 Å². The number of nitrogen functional groups attached to an aromatic ring is 1. The summed E-state index contributed by atoms with van der Waals surface area (Å²) in [5.41, 5.74) is 6.77. The summed E-state index contributed by atoms with van der Waals surface area (Å²) in [5, 5.41) is 7.34. The molecule has 0 atom stereocenters. The number of nitrogens with zero attached hydrogens (tertiary/aromatic N) is 1. The van der Waals surface area contributed by atoms with E-state index in [2.05, 4.69) is 25.7 Å². The second-order valence-corrected chi connectivity index (χ2v) is 6.71. The molecule has 0 saturated carbocycles. The second kappa shape index (κ2) is 5.43. The van der Waals surface area contributed by atoms with Gasteiger partial charge in [0, 0.05) is 18.7 Å². The molecule has 1 saturated heterocycles. The lowest BCUT2D eigenvalue weighted by Gasteiger charge is -2.39. The fourth-order valence-corrected chi connectivity index (χ4v) is 2.92. The minimum Gasteiger partial charge on any atom is -0.384 e. The molecule has 1 aliphatic heterocycles. The van der Waals surface area contributed by atoms with Crippen LogP contribution >= 0.6 is 0 Å². The number of nitrogens with two attached hydrogens (primary N) is 1. The van der Waals surface area contributed by atoms with Gasteiger partial charge in [0.25, 0.3) is 0 Å². The van der Waals surface area contributed by atoms with Crippen molar-refractivity contribution in [2.45, 2.75) is 33.6 Å². The van der Waals surface area contributed by atoms with Crippen LogP contribution in [-0.4, -0.2) is 18.9 Å². The Morgan fingerprint density at radius 1 is 1.30 bits per heavy atom. The van der Waals surface area contributed by atoms with Crippen LogP contribution in [0.1, 0.15) is 39.2 Å². The summed E-state index contributed by atoms with van der Waals surface area (Å²) >= 11 is 0. The van der Waals surface area contributed by atoms with E-state index in [1.165, 1.54) is 6.07 Å². The Kier molecular flexibility index (Phi) is 4.02. The molecule has 3 N–H and O–H groups in total. The van der Waals surface area contributed by atoms with Gasteiger partial charge in [0.05, 0.1) is 5.69 Å². The predicted molar refractivity (Wildman–Crippen MR) is 81.8 cm³/mol. The quantitative estimate of drug-likeness (QED) is 0.643. The Hall–Kier alpha value is -1.58. The molecule has 0 bridgehead atoms. The normalized spacial score (nSPS) is 17.3. The zero-order chi connectivity index (χ0) is 14.9. The third kappa shape index (κ3) is 3.11. The number of amidine groups is 1. The molecule has 110 valence electrons. The van der Waals surface area contributed by atoms with Gasteiger partial charge in [0.1, 0.15) is 11.7 Å². The molecule has 0 amide bonds. The third-order valence-corrected chi connectivity index (χ3v) is 4.32. The first-order valence-corrected chi connectivity index (χ1v) is 7.18. The number of halogens is 1. The van der Waals surface area contributed by atoms with Gasteiger partial charge in [-0.25, -0.2) is 4.39 Å². The molecule has 20 heavy (non-hydrogen) atoms. The number of piperidine rings is 1. The summed E-state index contributed by atoms with van der Waals surface area (Å²) in [5.74, 6) is 0.312. The van der Waals surface area contributed by atoms with Gasteiger partial charge in [-0.3, -0.25) is 5.41 Å². The lowest BCUT2D eigenvalue weighted by Crippen LogP contribution is -2.38. The zero-order valence-electron chi connectivity index (χ0n) is 12.5. The Bertz CT molecular complexity index is 497. The van der Waals surface area contributed by atoms with E-state index in [4.69, 9.17) is 11.1 Å². The van der Waals surface area contributed by atoms with E-state index < -0.39 is 0 Å². The van der Waals surface area contributed by atoms with E-state index in [-0.39, 0.29) is 11.7 Å². The Morgan fingerprint density at radius 3 is 2.35 bits per heavy atom. The van der Waals surface area contributed by atoms with Crippen molar-refractivity contribution in [3.8, 4) is 0 Å². The van der Waals surface area contributed by atoms with Crippen LogP contribution in [0.25, 0.3) is 0 Å². The molecule has 4 heteroatoms. The van der Waals surface area contributed by atoms with E-state index in [0.717, 1.165) is 25.9 Å². The van der Waals surface area contributed by atoms with Gasteiger partial charge in [0.15, 0.2) is 0 Å². The number of nitrogens with one attached hydrogen (secondary N) is 1. The van der Waals surface area contributed by atoms with E-state index in [0.29, 0.717) is 22.6 Å². The van der Waals surface area contributed by atoms with Crippen molar-refractivity contribution in [2.75, 3.05) is 18.0 Å². The summed E-state index contributed by atoms with van der Waals surface area (Å²) in [6.07, 6.45) is 2.19. The Labute approximate surface area is 120 Å². The van der Waals surface area contributed by atoms with Crippen LogP contribution in [0.5, 0.6) is 0 Å². The highest BCUT2D eigenvalue weighted by Gasteiger charge is 2.29. The Morgan fingerprint density at radius 2 is 1.90 bits per heavy atom. The molecule has 0 aromatic heterocycles. The van der Waals surface area contributed by atoms with E-state index in [1.807, 2.05) is 0 Å². The van der Waals surface area contributed by atoms with Crippen LogP contribution in [0.2, 0.25) is 0 Å². The maximum atomic E-state index is 14.1. The highest BCUT2D eigenvalue weighted by atomic mass is 19.1. The van der Waals surface area contributed by atoms with Gasteiger partial charge in [-0.15, -0.1) is 0 Å². The highest BCUT2D eigenvalue weighted by Crippen LogP contribution is 2.36. The maximum absolute atomic E-state index is 14.1. The number of hydrogen-bond donors (Lipinski definition) is 2. The van der Waals surface area contributed by atoms with Crippen LogP contribution < -0.4 is 10.6 Å². The minimum absolute atomic E-state index is 0.0955. The molecule has 1 fully saturated rings. The summed E-state index contributed by atoms with van der Waals surface area (Å²) in [7, 11) is 0. The van der Waals surface area contributed by atoms with Gasteiger partial charge < -0.3 is 10.6 Å². The molecule has 1 aromatic rings. The van der Waals surface area contributed by atoms with Crippen molar-refractivity contribution in [1.29, 1.82) is 5.41 Å². The van der Waals surface area contributed by atoms with Gasteiger partial charge in [-0.05, 0) is 42.4 Å². The fraction of sp³-hybridized carbons (Fsp3) is 0.562. The van der Waals surface area contributed by atoms with Crippen LogP contribution in [-0.2, 0) is 0 Å². The van der Waals surface area contributed by atoms with Crippen molar-refractivity contribution in [3.05, 3.63) is 29.6 Å².